The number of benzene rings is 3. The maximum Gasteiger partial charge on any atom is 0.347 e. The van der Waals surface area contributed by atoms with Crippen molar-refractivity contribution in [2.24, 2.45) is 28.6 Å². The topological polar surface area (TPSA) is 215 Å². The number of rotatable bonds is 10. The number of alkyl halides is 1. The lowest BCUT2D eigenvalue weighted by molar-refractivity contribution is -0.226. The number of phenolic OH excluding ortho intramolecular Hbond substituents is 1. The van der Waals surface area contributed by atoms with E-state index in [1.807, 2.05) is 26.0 Å². The van der Waals surface area contributed by atoms with E-state index in [-0.39, 0.29) is 53.6 Å². The van der Waals surface area contributed by atoms with Gasteiger partial charge in [-0.3, -0.25) is 14.4 Å². The van der Waals surface area contributed by atoms with Crippen molar-refractivity contribution in [1.29, 1.82) is 0 Å². The molecule has 9 atom stereocenters. The highest BCUT2D eigenvalue weighted by atomic mass is 35.5. The van der Waals surface area contributed by atoms with E-state index < -0.39 is 70.5 Å². The minimum absolute atomic E-state index is 0.0562. The second kappa shape index (κ2) is 19.6. The second-order valence-corrected chi connectivity index (χ2v) is 19.5. The summed E-state index contributed by atoms with van der Waals surface area (Å²) in [6.45, 7) is 10.1. The van der Waals surface area contributed by atoms with Crippen LogP contribution in [-0.4, -0.2) is 105 Å². The minimum atomic E-state index is -1.37. The number of Topliss-reactive ketones (excluding diaryl/α,β-unsaturated/α-hetero) is 1. The molecule has 1 aliphatic heterocycles. The summed E-state index contributed by atoms with van der Waals surface area (Å²) in [5, 5.41) is 42.9. The van der Waals surface area contributed by atoms with Gasteiger partial charge in [0, 0.05) is 33.9 Å². The minimum Gasteiger partial charge on any atom is -0.507 e. The molecular formula is C51H59ClFNO13. The molecule has 0 radical (unpaired) electrons. The lowest BCUT2D eigenvalue weighted by Gasteiger charge is -2.60. The van der Waals surface area contributed by atoms with Gasteiger partial charge in [-0.1, -0.05) is 55.8 Å². The molecule has 0 unspecified atom stereocenters. The number of fused-ring (bicyclic) bond motifs is 7. The number of carbonyl (C=O) groups excluding carboxylic acids is 4. The van der Waals surface area contributed by atoms with Crippen LogP contribution in [0.2, 0.25) is 5.02 Å². The summed E-state index contributed by atoms with van der Waals surface area (Å²) in [5.41, 5.74) is -2.02. The molecule has 16 heteroatoms. The van der Waals surface area contributed by atoms with E-state index in [2.05, 4.69) is 10.1 Å². The molecule has 14 nitrogen and oxygen atoms in total. The van der Waals surface area contributed by atoms with Crippen molar-refractivity contribution in [3.8, 4) is 11.5 Å². The van der Waals surface area contributed by atoms with E-state index in [0.29, 0.717) is 41.3 Å². The molecular weight excluding hydrogens is 889 g/mol. The Balaban J connectivity index is 0.000000184. The smallest absolute Gasteiger partial charge is 0.347 e. The number of aliphatic hydroxyl groups is 2. The number of carboxylic acids is 1. The number of para-hydroxylation sites is 1. The molecule has 1 amide bonds. The van der Waals surface area contributed by atoms with Crippen molar-refractivity contribution in [2.75, 3.05) is 20.3 Å². The molecule has 5 aliphatic rings. The lowest BCUT2D eigenvalue weighted by atomic mass is 9.46. The zero-order valence-electron chi connectivity index (χ0n) is 38.6. The third-order valence-electron chi connectivity index (χ3n) is 14.0. The number of carboxylic acid groups (broad SMARTS) is 1. The van der Waals surface area contributed by atoms with E-state index in [4.69, 9.17) is 36.0 Å². The molecule has 0 spiro atoms. The fourth-order valence-electron chi connectivity index (χ4n) is 10.9. The van der Waals surface area contributed by atoms with Gasteiger partial charge in [0.05, 0.1) is 19.3 Å². The molecule has 0 bridgehead atoms. The van der Waals surface area contributed by atoms with E-state index in [0.717, 1.165) is 5.56 Å². The Labute approximate surface area is 394 Å². The average Bonchev–Trinajstić information content (AvgIpc) is 3.69. The Kier molecular flexibility index (Phi) is 14.9. The average molecular weight is 948 g/mol. The largest absolute Gasteiger partial charge is 0.507 e. The van der Waals surface area contributed by atoms with Crippen LogP contribution in [0.4, 0.5) is 4.39 Å². The number of ether oxygens (including phenoxy) is 4. The van der Waals surface area contributed by atoms with Crippen molar-refractivity contribution >= 4 is 41.0 Å². The number of ketones is 2. The Morgan fingerprint density at radius 3 is 2.24 bits per heavy atom. The highest BCUT2D eigenvalue weighted by Crippen LogP contribution is 2.70. The van der Waals surface area contributed by atoms with Crippen molar-refractivity contribution in [3.63, 3.8) is 0 Å². The van der Waals surface area contributed by atoms with E-state index in [1.54, 1.807) is 68.5 Å². The van der Waals surface area contributed by atoms with Crippen LogP contribution >= 0.6 is 11.6 Å². The summed E-state index contributed by atoms with van der Waals surface area (Å²) >= 11 is 5.80. The molecule has 8 rings (SSSR count). The normalized spacial score (nSPS) is 29.7. The van der Waals surface area contributed by atoms with Crippen molar-refractivity contribution in [3.05, 3.63) is 118 Å². The van der Waals surface area contributed by atoms with E-state index in [1.165, 1.54) is 45.2 Å². The predicted octanol–water partition coefficient (Wildman–Crippen LogP) is 7.01. The Morgan fingerprint density at radius 1 is 0.970 bits per heavy atom. The molecule has 1 saturated heterocycles. The highest BCUT2D eigenvalue weighted by Gasteiger charge is 2.77. The summed E-state index contributed by atoms with van der Waals surface area (Å²) in [5.74, 6) is -3.55. The number of carbonyl (C=O) groups is 5. The summed E-state index contributed by atoms with van der Waals surface area (Å²) in [7, 11) is 1.27. The maximum atomic E-state index is 15.4. The lowest BCUT2D eigenvalue weighted by Crippen LogP contribution is -2.64. The van der Waals surface area contributed by atoms with E-state index >= 15 is 4.39 Å². The summed E-state index contributed by atoms with van der Waals surface area (Å²) in [6, 6.07) is 20.1. The van der Waals surface area contributed by atoms with Gasteiger partial charge in [0.2, 0.25) is 0 Å². The van der Waals surface area contributed by atoms with Gasteiger partial charge in [0.15, 0.2) is 28.6 Å². The number of phenols is 1. The number of allylic oxidation sites excluding steroid dienone is 4. The number of aromatic hydroxyl groups is 1. The van der Waals surface area contributed by atoms with Gasteiger partial charge < -0.3 is 44.7 Å². The zero-order valence-corrected chi connectivity index (χ0v) is 39.3. The number of hydrogen-bond donors (Lipinski definition) is 5. The van der Waals surface area contributed by atoms with E-state index in [9.17, 15) is 34.2 Å². The summed E-state index contributed by atoms with van der Waals surface area (Å²) < 4.78 is 37.7. The van der Waals surface area contributed by atoms with Crippen molar-refractivity contribution in [2.45, 2.75) is 103 Å². The van der Waals surface area contributed by atoms with Gasteiger partial charge in [-0.25, -0.2) is 14.0 Å². The second-order valence-electron chi connectivity index (χ2n) is 19.1. The van der Waals surface area contributed by atoms with Crippen LogP contribution in [0.1, 0.15) is 87.1 Å². The zero-order chi connectivity index (χ0) is 49.3. The third kappa shape index (κ3) is 10.1. The first-order valence-corrected chi connectivity index (χ1v) is 22.5. The van der Waals surface area contributed by atoms with Gasteiger partial charge in [-0.2, -0.15) is 0 Å². The summed E-state index contributed by atoms with van der Waals surface area (Å²) in [6.07, 6.45) is 3.55. The third-order valence-corrected chi connectivity index (χ3v) is 14.2. The SMILES string of the molecule is CC(C)(Oc1ccc(CCNC(=O)c2ccc(Cl)cc2)cc1)C(=O)O.CC1(C)O[C@@H]2C[C@H]3[C@@H]4C[C@H](F)C5=CC(=O)C=C[C@]5(C)[C@H]4[C@@H](O)C[C@]3(C)[C@]2(C(=O)CO)O1.COC(=O)c1ccccc1O. The molecule has 3 aromatic rings. The number of methoxy groups -OCH3 is 1. The number of aliphatic hydroxyl groups excluding tert-OH is 2. The molecule has 67 heavy (non-hydrogen) atoms. The van der Waals surface area contributed by atoms with Gasteiger partial charge in [-0.15, -0.1) is 0 Å². The number of amides is 1. The fraction of sp³-hybridized carbons (Fsp3) is 0.471. The van der Waals surface area contributed by atoms with Crippen LogP contribution in [-0.2, 0) is 35.0 Å². The maximum absolute atomic E-state index is 15.4. The number of hydrogen-bond acceptors (Lipinski definition) is 12. The molecule has 3 saturated carbocycles. The quantitative estimate of drug-likeness (QED) is 0.130. The number of esters is 1. The molecule has 0 aromatic heterocycles. The molecule has 4 aliphatic carbocycles. The van der Waals surface area contributed by atoms with Crippen LogP contribution < -0.4 is 10.1 Å². The monoisotopic (exact) mass is 947 g/mol. The van der Waals surface area contributed by atoms with Crippen LogP contribution in [0.25, 0.3) is 0 Å². The first-order valence-electron chi connectivity index (χ1n) is 22.1. The Hall–Kier alpha value is -5.45. The molecule has 360 valence electrons. The number of halogens is 2. The molecule has 1 heterocycles. The van der Waals surface area contributed by atoms with Gasteiger partial charge >= 0.3 is 11.9 Å². The molecule has 4 fully saturated rings. The van der Waals surface area contributed by atoms with Gasteiger partial charge in [0.25, 0.3) is 5.91 Å². The summed E-state index contributed by atoms with van der Waals surface area (Å²) in [4.78, 5) is 59.0. The van der Waals surface area contributed by atoms with Crippen molar-refractivity contribution in [1.82, 2.24) is 5.32 Å². The molecule has 5 N–H and O–H groups in total. The van der Waals surface area contributed by atoms with Gasteiger partial charge in [-0.05, 0) is 137 Å². The Bertz CT molecular complexity index is 2420. The first kappa shape index (κ1) is 51.0. The number of aliphatic carboxylic acids is 1. The fourth-order valence-corrected chi connectivity index (χ4v) is 11.0. The van der Waals surface area contributed by atoms with Crippen LogP contribution in [0, 0.1) is 28.6 Å². The first-order chi connectivity index (χ1) is 31.4. The highest BCUT2D eigenvalue weighted by molar-refractivity contribution is 6.30. The predicted molar refractivity (Wildman–Crippen MR) is 244 cm³/mol. The van der Waals surface area contributed by atoms with Gasteiger partial charge in [0.1, 0.15) is 29.8 Å². The molecule has 3 aromatic carbocycles. The van der Waals surface area contributed by atoms with Crippen LogP contribution in [0.5, 0.6) is 11.5 Å². The standard InChI is InChI=1S/C24H31FO6.C19H20ClNO4.C8H8O3/c1-21(2)30-19-9-14-13-8-16(25)15-7-12(27)5-6-22(15,3)20(13)17(28)10-23(14,4)24(19,31-21)18(29)11-26;1-19(2,18(23)24)25-16-9-3-13(4-10-16)11-12-21-17(22)14-5-7-15(20)8-6-14;1-11-8(10)6-4-2-3-5-7(6)9/h5-7,13-14,16-17,19-20,26,28H,8-11H2,1-4H3;3-10H,11-12H2,1-2H3,(H,21,22)(H,23,24);2-5,9H,1H3/t13-,14-,16-,17-,19+,20+,22-,23-,24+;;/m0../s1. The van der Waals surface area contributed by atoms with Crippen LogP contribution in [0.3, 0.4) is 0 Å². The van der Waals surface area contributed by atoms with Crippen molar-refractivity contribution < 1.29 is 67.7 Å². The number of nitrogens with one attached hydrogen (secondary N) is 1. The Morgan fingerprint density at radius 2 is 1.63 bits per heavy atom. The van der Waals surface area contributed by atoms with Crippen LogP contribution in [0.15, 0.2) is 96.6 Å².